The van der Waals surface area contributed by atoms with Crippen LogP contribution in [-0.2, 0) is 0 Å². The Balaban J connectivity index is 3.13. The van der Waals surface area contributed by atoms with E-state index >= 15 is 0 Å². The predicted molar refractivity (Wildman–Crippen MR) is 41.8 cm³/mol. The third kappa shape index (κ3) is 1.28. The molecule has 0 saturated heterocycles. The monoisotopic (exact) mass is 170 g/mol. The van der Waals surface area contributed by atoms with E-state index in [0.29, 0.717) is 11.5 Å². The van der Waals surface area contributed by atoms with Crippen LogP contribution >= 0.6 is 0 Å². The Hall–Kier alpha value is -1.45. The molecular formula is C8H10O4. The zero-order valence-corrected chi connectivity index (χ0v) is 7.21. The maximum atomic E-state index is 10.9. The van der Waals surface area contributed by atoms with Crippen LogP contribution in [0.25, 0.3) is 0 Å². The average Bonchev–Trinajstić information content (AvgIpc) is 2.46. The molecule has 0 aliphatic carbocycles. The SMILES string of the molecule is COc1coc(C(C)=O)c1OC. The molecule has 12 heavy (non-hydrogen) atoms. The van der Waals surface area contributed by atoms with Crippen LogP contribution in [0.15, 0.2) is 10.7 Å². The number of methoxy groups -OCH3 is 2. The first-order chi connectivity index (χ1) is 5.70. The van der Waals surface area contributed by atoms with Gasteiger partial charge < -0.3 is 13.9 Å². The zero-order chi connectivity index (χ0) is 9.14. The smallest absolute Gasteiger partial charge is 0.215 e. The number of Topliss-reactive ketones (excluding diaryl/α,β-unsaturated/α-hetero) is 1. The van der Waals surface area contributed by atoms with Crippen molar-refractivity contribution in [2.45, 2.75) is 6.92 Å². The Labute approximate surface area is 70.1 Å². The van der Waals surface area contributed by atoms with Gasteiger partial charge in [0.1, 0.15) is 6.26 Å². The molecule has 66 valence electrons. The lowest BCUT2D eigenvalue weighted by Crippen LogP contribution is -1.94. The van der Waals surface area contributed by atoms with E-state index in [0.717, 1.165) is 0 Å². The summed E-state index contributed by atoms with van der Waals surface area (Å²) in [7, 11) is 2.94. The predicted octanol–water partition coefficient (Wildman–Crippen LogP) is 1.50. The lowest BCUT2D eigenvalue weighted by molar-refractivity contribution is 0.0983. The van der Waals surface area contributed by atoms with Crippen molar-refractivity contribution >= 4 is 5.78 Å². The normalized spacial score (nSPS) is 9.58. The van der Waals surface area contributed by atoms with Crippen molar-refractivity contribution in [2.75, 3.05) is 14.2 Å². The summed E-state index contributed by atoms with van der Waals surface area (Å²) in [4.78, 5) is 10.9. The van der Waals surface area contributed by atoms with Crippen LogP contribution in [0.1, 0.15) is 17.5 Å². The van der Waals surface area contributed by atoms with Gasteiger partial charge in [0.2, 0.25) is 11.5 Å². The highest BCUT2D eigenvalue weighted by atomic mass is 16.5. The van der Waals surface area contributed by atoms with Crippen LogP contribution in [0, 0.1) is 0 Å². The second-order valence-corrected chi connectivity index (χ2v) is 2.22. The van der Waals surface area contributed by atoms with Crippen molar-refractivity contribution in [1.82, 2.24) is 0 Å². The minimum absolute atomic E-state index is 0.185. The van der Waals surface area contributed by atoms with Gasteiger partial charge in [0.05, 0.1) is 14.2 Å². The van der Waals surface area contributed by atoms with Crippen molar-refractivity contribution in [3.05, 3.63) is 12.0 Å². The molecule has 1 heterocycles. The first kappa shape index (κ1) is 8.64. The molecule has 0 fully saturated rings. The summed E-state index contributed by atoms with van der Waals surface area (Å²) >= 11 is 0. The highest BCUT2D eigenvalue weighted by Crippen LogP contribution is 2.32. The van der Waals surface area contributed by atoms with E-state index in [2.05, 4.69) is 0 Å². The van der Waals surface area contributed by atoms with Gasteiger partial charge in [-0.2, -0.15) is 0 Å². The van der Waals surface area contributed by atoms with E-state index < -0.39 is 0 Å². The largest absolute Gasteiger partial charge is 0.490 e. The van der Waals surface area contributed by atoms with E-state index in [1.54, 1.807) is 0 Å². The van der Waals surface area contributed by atoms with Gasteiger partial charge in [-0.1, -0.05) is 0 Å². The van der Waals surface area contributed by atoms with Gasteiger partial charge in [0.15, 0.2) is 11.5 Å². The quantitative estimate of drug-likeness (QED) is 0.645. The summed E-state index contributed by atoms with van der Waals surface area (Å²) in [6, 6.07) is 0. The van der Waals surface area contributed by atoms with Crippen LogP contribution in [0.5, 0.6) is 11.5 Å². The molecule has 1 aromatic heterocycles. The maximum absolute atomic E-state index is 10.9. The minimum atomic E-state index is -0.185. The molecule has 0 atom stereocenters. The van der Waals surface area contributed by atoms with Gasteiger partial charge in [-0.25, -0.2) is 0 Å². The molecule has 0 aliphatic heterocycles. The molecule has 0 spiro atoms. The van der Waals surface area contributed by atoms with Crippen LogP contribution < -0.4 is 9.47 Å². The van der Waals surface area contributed by atoms with E-state index in [1.807, 2.05) is 0 Å². The molecule has 0 N–H and O–H groups in total. The second-order valence-electron chi connectivity index (χ2n) is 2.22. The number of ketones is 1. The summed E-state index contributed by atoms with van der Waals surface area (Å²) < 4.78 is 14.8. The highest BCUT2D eigenvalue weighted by Gasteiger charge is 2.18. The third-order valence-electron chi connectivity index (χ3n) is 1.46. The van der Waals surface area contributed by atoms with E-state index in [9.17, 15) is 4.79 Å². The van der Waals surface area contributed by atoms with Gasteiger partial charge in [0, 0.05) is 6.92 Å². The van der Waals surface area contributed by atoms with Crippen LogP contribution in [-0.4, -0.2) is 20.0 Å². The zero-order valence-electron chi connectivity index (χ0n) is 7.21. The Morgan fingerprint density at radius 1 is 1.42 bits per heavy atom. The van der Waals surface area contributed by atoms with Gasteiger partial charge in [-0.3, -0.25) is 4.79 Å². The maximum Gasteiger partial charge on any atom is 0.215 e. The Morgan fingerprint density at radius 3 is 2.50 bits per heavy atom. The van der Waals surface area contributed by atoms with Gasteiger partial charge in [-0.05, 0) is 0 Å². The lowest BCUT2D eigenvalue weighted by atomic mass is 10.3. The number of ether oxygens (including phenoxy) is 2. The number of hydrogen-bond donors (Lipinski definition) is 0. The number of hydrogen-bond acceptors (Lipinski definition) is 4. The minimum Gasteiger partial charge on any atom is -0.490 e. The topological polar surface area (TPSA) is 48.7 Å². The lowest BCUT2D eigenvalue weighted by Gasteiger charge is -1.99. The van der Waals surface area contributed by atoms with Crippen molar-refractivity contribution < 1.29 is 18.7 Å². The third-order valence-corrected chi connectivity index (χ3v) is 1.46. The van der Waals surface area contributed by atoms with Crippen LogP contribution in [0.4, 0.5) is 0 Å². The first-order valence-electron chi connectivity index (χ1n) is 3.41. The van der Waals surface area contributed by atoms with E-state index in [4.69, 9.17) is 13.9 Å². The summed E-state index contributed by atoms with van der Waals surface area (Å²) in [6.07, 6.45) is 1.34. The fourth-order valence-corrected chi connectivity index (χ4v) is 0.908. The number of furan rings is 1. The molecule has 0 aromatic carbocycles. The Bertz CT molecular complexity index is 287. The van der Waals surface area contributed by atoms with E-state index in [1.165, 1.54) is 27.4 Å². The van der Waals surface area contributed by atoms with Gasteiger partial charge in [0.25, 0.3) is 0 Å². The summed E-state index contributed by atoms with van der Waals surface area (Å²) in [5.74, 6) is 0.789. The molecule has 4 heteroatoms. The highest BCUT2D eigenvalue weighted by molar-refractivity contribution is 5.94. The molecular weight excluding hydrogens is 160 g/mol. The summed E-state index contributed by atoms with van der Waals surface area (Å²) in [5, 5.41) is 0. The number of carbonyl (C=O) groups is 1. The number of rotatable bonds is 3. The molecule has 0 aliphatic rings. The molecule has 0 bridgehead atoms. The average molecular weight is 170 g/mol. The first-order valence-corrected chi connectivity index (χ1v) is 3.41. The molecule has 0 amide bonds. The second kappa shape index (κ2) is 3.30. The molecule has 0 radical (unpaired) electrons. The van der Waals surface area contributed by atoms with Crippen molar-refractivity contribution in [2.24, 2.45) is 0 Å². The fourth-order valence-electron chi connectivity index (χ4n) is 0.908. The van der Waals surface area contributed by atoms with Crippen molar-refractivity contribution in [3.8, 4) is 11.5 Å². The Morgan fingerprint density at radius 2 is 2.08 bits per heavy atom. The van der Waals surface area contributed by atoms with Crippen molar-refractivity contribution in [1.29, 1.82) is 0 Å². The summed E-state index contributed by atoms with van der Waals surface area (Å²) in [6.45, 7) is 1.40. The van der Waals surface area contributed by atoms with Gasteiger partial charge in [-0.15, -0.1) is 0 Å². The van der Waals surface area contributed by atoms with Gasteiger partial charge >= 0.3 is 0 Å². The molecule has 4 nitrogen and oxygen atoms in total. The standard InChI is InChI=1S/C8H10O4/c1-5(9)7-8(11-3)6(10-2)4-12-7/h4H,1-3H3. The molecule has 1 rings (SSSR count). The molecule has 1 aromatic rings. The van der Waals surface area contributed by atoms with Crippen LogP contribution in [0.2, 0.25) is 0 Å². The van der Waals surface area contributed by atoms with E-state index in [-0.39, 0.29) is 11.5 Å². The molecule has 0 unspecified atom stereocenters. The fraction of sp³-hybridized carbons (Fsp3) is 0.375. The Kier molecular flexibility index (Phi) is 2.38. The van der Waals surface area contributed by atoms with Crippen molar-refractivity contribution in [3.63, 3.8) is 0 Å². The van der Waals surface area contributed by atoms with Crippen LogP contribution in [0.3, 0.4) is 0 Å². The molecule has 0 saturated carbocycles. The number of carbonyl (C=O) groups excluding carboxylic acids is 1. The summed E-state index contributed by atoms with van der Waals surface area (Å²) in [5.41, 5.74) is 0.